The lowest BCUT2D eigenvalue weighted by Gasteiger charge is -2.09. The molecular formula is C13H7ClFN3. The summed E-state index contributed by atoms with van der Waals surface area (Å²) in [5, 5.41) is 3.84. The second-order valence-electron chi connectivity index (χ2n) is 3.54. The van der Waals surface area contributed by atoms with E-state index < -0.39 is 5.82 Å². The van der Waals surface area contributed by atoms with E-state index in [0.29, 0.717) is 5.69 Å². The Morgan fingerprint density at radius 2 is 2.33 bits per heavy atom. The van der Waals surface area contributed by atoms with Crippen molar-refractivity contribution in [1.29, 1.82) is 0 Å². The van der Waals surface area contributed by atoms with Crippen molar-refractivity contribution in [2.24, 2.45) is 7.05 Å². The molecule has 0 aliphatic carbocycles. The van der Waals surface area contributed by atoms with Gasteiger partial charge in [0.05, 0.1) is 17.3 Å². The molecule has 1 aromatic carbocycles. The first-order valence-corrected chi connectivity index (χ1v) is 5.32. The Morgan fingerprint density at radius 3 is 2.83 bits per heavy atom. The van der Waals surface area contributed by atoms with Gasteiger partial charge < -0.3 is 0 Å². The minimum atomic E-state index is -0.662. The Labute approximate surface area is 109 Å². The highest BCUT2D eigenvalue weighted by molar-refractivity contribution is 6.31. The van der Waals surface area contributed by atoms with Crippen LogP contribution in [0.5, 0.6) is 0 Å². The second-order valence-corrected chi connectivity index (χ2v) is 3.95. The first-order chi connectivity index (χ1) is 8.60. The Balaban J connectivity index is 2.90. The number of nitrogens with zero attached hydrogens (tertiary/aromatic N) is 3. The Kier molecular flexibility index (Phi) is 3.06. The van der Waals surface area contributed by atoms with Crippen LogP contribution in [0.4, 0.5) is 10.1 Å². The fourth-order valence-corrected chi connectivity index (χ4v) is 1.90. The molecule has 88 valence electrons. The van der Waals surface area contributed by atoms with Crippen LogP contribution < -0.4 is 0 Å². The molecule has 2 aromatic rings. The summed E-state index contributed by atoms with van der Waals surface area (Å²) in [6, 6.07) is 2.88. The topological polar surface area (TPSA) is 22.2 Å². The third-order valence-corrected chi connectivity index (χ3v) is 2.81. The molecule has 5 heteroatoms. The summed E-state index contributed by atoms with van der Waals surface area (Å²) in [5.74, 6) is 1.68. The predicted molar refractivity (Wildman–Crippen MR) is 67.8 cm³/mol. The molecule has 1 aromatic heterocycles. The van der Waals surface area contributed by atoms with Gasteiger partial charge in [-0.05, 0) is 12.1 Å². The van der Waals surface area contributed by atoms with Crippen LogP contribution in [0.25, 0.3) is 16.1 Å². The molecule has 0 atom stereocenters. The normalized spacial score (nSPS) is 9.83. The van der Waals surface area contributed by atoms with E-state index >= 15 is 0 Å². The molecular weight excluding hydrogens is 253 g/mol. The van der Waals surface area contributed by atoms with Crippen LogP contribution in [0.1, 0.15) is 5.56 Å². The smallest absolute Gasteiger partial charge is 0.214 e. The van der Waals surface area contributed by atoms with Crippen LogP contribution in [-0.2, 0) is 7.05 Å². The highest BCUT2D eigenvalue weighted by Gasteiger charge is 2.20. The Morgan fingerprint density at radius 1 is 1.61 bits per heavy atom. The molecule has 0 N–H and O–H groups in total. The van der Waals surface area contributed by atoms with Gasteiger partial charge in [-0.3, -0.25) is 4.68 Å². The van der Waals surface area contributed by atoms with Crippen LogP contribution in [-0.4, -0.2) is 9.78 Å². The summed E-state index contributed by atoms with van der Waals surface area (Å²) < 4.78 is 15.6. The molecule has 0 unspecified atom stereocenters. The van der Waals surface area contributed by atoms with Crippen LogP contribution in [0.3, 0.4) is 0 Å². The van der Waals surface area contributed by atoms with Crippen LogP contribution >= 0.6 is 11.6 Å². The summed E-state index contributed by atoms with van der Waals surface area (Å²) in [7, 11) is 1.65. The van der Waals surface area contributed by atoms with Crippen molar-refractivity contribution < 1.29 is 4.39 Å². The first kappa shape index (κ1) is 12.2. The number of aromatic nitrogens is 2. The molecule has 0 bridgehead atoms. The van der Waals surface area contributed by atoms with E-state index in [-0.39, 0.29) is 21.8 Å². The van der Waals surface area contributed by atoms with E-state index in [4.69, 9.17) is 24.6 Å². The van der Waals surface area contributed by atoms with Gasteiger partial charge in [-0.25, -0.2) is 9.24 Å². The summed E-state index contributed by atoms with van der Waals surface area (Å²) in [6.07, 6.45) is 6.82. The number of hydrogen-bond donors (Lipinski definition) is 0. The lowest BCUT2D eigenvalue weighted by atomic mass is 10.0. The highest BCUT2D eigenvalue weighted by Crippen LogP contribution is 2.38. The number of aryl methyl sites for hydroxylation is 1. The maximum absolute atomic E-state index is 14.1. The number of hydrogen-bond acceptors (Lipinski definition) is 1. The molecule has 0 fully saturated rings. The average molecular weight is 260 g/mol. The third-order valence-electron chi connectivity index (χ3n) is 2.54. The maximum atomic E-state index is 14.1. The molecule has 0 amide bonds. The number of benzene rings is 1. The van der Waals surface area contributed by atoms with Gasteiger partial charge in [0.1, 0.15) is 5.82 Å². The van der Waals surface area contributed by atoms with E-state index in [1.807, 2.05) is 0 Å². The minimum absolute atomic E-state index is 0.0722. The summed E-state index contributed by atoms with van der Waals surface area (Å²) in [6.45, 7) is 7.16. The highest BCUT2D eigenvalue weighted by atomic mass is 35.5. The molecule has 1 heterocycles. The van der Waals surface area contributed by atoms with Crippen LogP contribution in [0.15, 0.2) is 18.3 Å². The van der Waals surface area contributed by atoms with E-state index in [9.17, 15) is 4.39 Å². The molecule has 0 saturated carbocycles. The largest absolute Gasteiger partial charge is 0.269 e. The fraction of sp³-hybridized carbons (Fsp3) is 0.0769. The first-order valence-electron chi connectivity index (χ1n) is 4.94. The van der Waals surface area contributed by atoms with Crippen molar-refractivity contribution in [1.82, 2.24) is 9.78 Å². The lowest BCUT2D eigenvalue weighted by molar-refractivity contribution is 0.629. The van der Waals surface area contributed by atoms with Gasteiger partial charge in [-0.15, -0.1) is 6.42 Å². The second kappa shape index (κ2) is 4.52. The standard InChI is InChI=1S/C13H7ClFN3/c1-4-8-7-9(14)12(15)11(13(8)16-2)10-5-6-17-18(10)3/h1,5-7H,3H3. The van der Waals surface area contributed by atoms with Crippen molar-refractivity contribution >= 4 is 17.3 Å². The number of terminal acetylenes is 1. The van der Waals surface area contributed by atoms with Gasteiger partial charge in [0.15, 0.2) is 0 Å². The molecule has 3 nitrogen and oxygen atoms in total. The quantitative estimate of drug-likeness (QED) is 0.568. The van der Waals surface area contributed by atoms with Crippen molar-refractivity contribution in [2.75, 3.05) is 0 Å². The minimum Gasteiger partial charge on any atom is -0.269 e. The molecule has 0 spiro atoms. The maximum Gasteiger partial charge on any atom is 0.214 e. The lowest BCUT2D eigenvalue weighted by Crippen LogP contribution is -1.97. The molecule has 0 saturated heterocycles. The Hall–Kier alpha value is -2.30. The number of halogens is 2. The molecule has 0 aliphatic rings. The van der Waals surface area contributed by atoms with Crippen molar-refractivity contribution in [3.05, 3.63) is 46.2 Å². The monoisotopic (exact) mass is 259 g/mol. The molecule has 2 rings (SSSR count). The van der Waals surface area contributed by atoms with E-state index in [2.05, 4.69) is 15.9 Å². The van der Waals surface area contributed by atoms with Gasteiger partial charge in [-0.2, -0.15) is 5.10 Å². The van der Waals surface area contributed by atoms with Crippen LogP contribution in [0, 0.1) is 24.7 Å². The van der Waals surface area contributed by atoms with Crippen LogP contribution in [0.2, 0.25) is 5.02 Å². The fourth-order valence-electron chi connectivity index (χ4n) is 1.70. The summed E-state index contributed by atoms with van der Waals surface area (Å²) in [5.41, 5.74) is 0.888. The Bertz CT molecular complexity index is 704. The molecule has 0 aliphatic heterocycles. The van der Waals surface area contributed by atoms with Gasteiger partial charge in [0.2, 0.25) is 5.69 Å². The zero-order valence-corrected chi connectivity index (χ0v) is 10.2. The molecule has 18 heavy (non-hydrogen) atoms. The van der Waals surface area contributed by atoms with Crippen molar-refractivity contribution in [2.45, 2.75) is 0 Å². The summed E-state index contributed by atoms with van der Waals surface area (Å²) in [4.78, 5) is 3.31. The third kappa shape index (κ3) is 1.73. The predicted octanol–water partition coefficient (Wildman–Crippen LogP) is 3.41. The van der Waals surface area contributed by atoms with E-state index in [0.717, 1.165) is 0 Å². The van der Waals surface area contributed by atoms with Gasteiger partial charge in [0.25, 0.3) is 0 Å². The summed E-state index contributed by atoms with van der Waals surface area (Å²) >= 11 is 5.79. The van der Waals surface area contributed by atoms with Crippen molar-refractivity contribution in [3.8, 4) is 23.6 Å². The van der Waals surface area contributed by atoms with Crippen molar-refractivity contribution in [3.63, 3.8) is 0 Å². The molecule has 0 radical (unpaired) electrons. The average Bonchev–Trinajstić information content (AvgIpc) is 2.78. The van der Waals surface area contributed by atoms with Gasteiger partial charge >= 0.3 is 0 Å². The SMILES string of the molecule is [C-]#[N+]c1c(C#C)cc(Cl)c(F)c1-c1ccnn1C. The van der Waals surface area contributed by atoms with E-state index in [1.54, 1.807) is 13.1 Å². The van der Waals surface area contributed by atoms with Gasteiger partial charge in [-0.1, -0.05) is 17.5 Å². The van der Waals surface area contributed by atoms with Gasteiger partial charge in [0, 0.05) is 24.4 Å². The number of rotatable bonds is 1. The zero-order valence-electron chi connectivity index (χ0n) is 9.41. The zero-order chi connectivity index (χ0) is 13.3. The van der Waals surface area contributed by atoms with E-state index in [1.165, 1.54) is 16.9 Å².